The van der Waals surface area contributed by atoms with Crippen molar-refractivity contribution in [2.75, 3.05) is 13.1 Å². The van der Waals surface area contributed by atoms with Gasteiger partial charge in [0, 0.05) is 25.0 Å². The second-order valence-corrected chi connectivity index (χ2v) is 5.95. The molecular formula is C15H27N3O2. The Kier molecular flexibility index (Phi) is 5.40. The van der Waals surface area contributed by atoms with Gasteiger partial charge in [-0.2, -0.15) is 0 Å². The van der Waals surface area contributed by atoms with Crippen LogP contribution in [0, 0.1) is 0 Å². The van der Waals surface area contributed by atoms with Crippen LogP contribution in [-0.4, -0.2) is 47.9 Å². The number of rotatable bonds is 3. The van der Waals surface area contributed by atoms with Gasteiger partial charge in [0.2, 0.25) is 11.8 Å². The molecule has 2 fully saturated rings. The smallest absolute Gasteiger partial charge is 0.243 e. The van der Waals surface area contributed by atoms with Crippen LogP contribution >= 0.6 is 0 Å². The standard InChI is InChI=1S/C15H27N3O2/c1-3-14(19)18-10-5-4-8-13(18)15(20)17-12-7-6-9-16-11(12)2/h11-13,16H,3-10H2,1-2H3,(H,17,20). The summed E-state index contributed by atoms with van der Waals surface area (Å²) >= 11 is 0. The number of amides is 2. The molecule has 0 aromatic rings. The average Bonchev–Trinajstić information content (AvgIpc) is 2.48. The fourth-order valence-corrected chi connectivity index (χ4v) is 3.23. The summed E-state index contributed by atoms with van der Waals surface area (Å²) in [6, 6.07) is 0.244. The molecule has 2 aliphatic heterocycles. The first-order valence-electron chi connectivity index (χ1n) is 7.96. The molecule has 0 radical (unpaired) electrons. The number of nitrogens with zero attached hydrogens (tertiary/aromatic N) is 1. The molecule has 2 amide bonds. The molecule has 2 heterocycles. The van der Waals surface area contributed by atoms with Crippen LogP contribution in [0.2, 0.25) is 0 Å². The Morgan fingerprint density at radius 2 is 2.05 bits per heavy atom. The molecule has 0 spiro atoms. The lowest BCUT2D eigenvalue weighted by Gasteiger charge is -2.37. The molecule has 3 unspecified atom stereocenters. The van der Waals surface area contributed by atoms with E-state index in [-0.39, 0.29) is 23.9 Å². The number of nitrogens with one attached hydrogen (secondary N) is 2. The van der Waals surface area contributed by atoms with E-state index in [1.807, 2.05) is 6.92 Å². The van der Waals surface area contributed by atoms with Crippen molar-refractivity contribution in [1.29, 1.82) is 0 Å². The first-order valence-corrected chi connectivity index (χ1v) is 7.96. The molecule has 2 N–H and O–H groups in total. The largest absolute Gasteiger partial charge is 0.350 e. The van der Waals surface area contributed by atoms with Crippen molar-refractivity contribution in [3.05, 3.63) is 0 Å². The second-order valence-electron chi connectivity index (χ2n) is 5.95. The molecule has 0 bridgehead atoms. The number of hydrogen-bond donors (Lipinski definition) is 2. The zero-order chi connectivity index (χ0) is 14.5. The molecule has 2 aliphatic rings. The van der Waals surface area contributed by atoms with E-state index in [4.69, 9.17) is 0 Å². The van der Waals surface area contributed by atoms with Gasteiger partial charge in [-0.3, -0.25) is 9.59 Å². The Morgan fingerprint density at radius 1 is 1.25 bits per heavy atom. The minimum Gasteiger partial charge on any atom is -0.350 e. The number of piperidine rings is 2. The normalized spacial score (nSPS) is 30.9. The summed E-state index contributed by atoms with van der Waals surface area (Å²) in [7, 11) is 0. The minimum absolute atomic E-state index is 0.0343. The zero-order valence-electron chi connectivity index (χ0n) is 12.7. The van der Waals surface area contributed by atoms with Gasteiger partial charge in [-0.05, 0) is 45.6 Å². The van der Waals surface area contributed by atoms with Crippen LogP contribution in [-0.2, 0) is 9.59 Å². The van der Waals surface area contributed by atoms with Gasteiger partial charge in [-0.25, -0.2) is 0 Å². The molecule has 5 nitrogen and oxygen atoms in total. The summed E-state index contributed by atoms with van der Waals surface area (Å²) in [5.41, 5.74) is 0. The third-order valence-corrected chi connectivity index (χ3v) is 4.52. The summed E-state index contributed by atoms with van der Waals surface area (Å²) in [5.74, 6) is 0.131. The van der Waals surface area contributed by atoms with Gasteiger partial charge >= 0.3 is 0 Å². The molecule has 5 heteroatoms. The molecular weight excluding hydrogens is 254 g/mol. The first kappa shape index (κ1) is 15.3. The van der Waals surface area contributed by atoms with Crippen molar-refractivity contribution in [2.24, 2.45) is 0 Å². The Hall–Kier alpha value is -1.10. The molecule has 0 aromatic carbocycles. The minimum atomic E-state index is -0.259. The van der Waals surface area contributed by atoms with Crippen molar-refractivity contribution in [3.8, 4) is 0 Å². The molecule has 0 saturated carbocycles. The van der Waals surface area contributed by atoms with Gasteiger partial charge in [0.15, 0.2) is 0 Å². The van der Waals surface area contributed by atoms with E-state index in [2.05, 4.69) is 17.6 Å². The van der Waals surface area contributed by atoms with Crippen LogP contribution in [0.1, 0.15) is 52.4 Å². The SMILES string of the molecule is CCC(=O)N1CCCCC1C(=O)NC1CCCNC1C. The Labute approximate surface area is 121 Å². The van der Waals surface area contributed by atoms with Gasteiger partial charge in [0.1, 0.15) is 6.04 Å². The average molecular weight is 281 g/mol. The van der Waals surface area contributed by atoms with Gasteiger partial charge in [-0.1, -0.05) is 6.92 Å². The summed E-state index contributed by atoms with van der Waals surface area (Å²) in [4.78, 5) is 26.3. The van der Waals surface area contributed by atoms with E-state index >= 15 is 0 Å². The van der Waals surface area contributed by atoms with Gasteiger partial charge in [-0.15, -0.1) is 0 Å². The zero-order valence-corrected chi connectivity index (χ0v) is 12.7. The Morgan fingerprint density at radius 3 is 2.75 bits per heavy atom. The highest BCUT2D eigenvalue weighted by Gasteiger charge is 2.33. The monoisotopic (exact) mass is 281 g/mol. The number of carbonyl (C=O) groups is 2. The maximum atomic E-state index is 12.5. The van der Waals surface area contributed by atoms with Crippen molar-refractivity contribution >= 4 is 11.8 Å². The summed E-state index contributed by atoms with van der Waals surface area (Å²) in [6.07, 6.45) is 5.43. The predicted octanol–water partition coefficient (Wildman–Crippen LogP) is 1.03. The Balaban J connectivity index is 1.96. The van der Waals surface area contributed by atoms with Gasteiger partial charge < -0.3 is 15.5 Å². The second kappa shape index (κ2) is 7.07. The van der Waals surface area contributed by atoms with E-state index in [1.54, 1.807) is 4.90 Å². The first-order chi connectivity index (χ1) is 9.63. The summed E-state index contributed by atoms with van der Waals surface area (Å²) in [6.45, 7) is 5.72. The van der Waals surface area contributed by atoms with Crippen LogP contribution in [0.3, 0.4) is 0 Å². The highest BCUT2D eigenvalue weighted by atomic mass is 16.2. The van der Waals surface area contributed by atoms with Crippen molar-refractivity contribution in [1.82, 2.24) is 15.5 Å². The van der Waals surface area contributed by atoms with Crippen molar-refractivity contribution < 1.29 is 9.59 Å². The fourth-order valence-electron chi connectivity index (χ4n) is 3.23. The Bertz CT molecular complexity index is 359. The maximum absolute atomic E-state index is 12.5. The van der Waals surface area contributed by atoms with E-state index < -0.39 is 0 Å². The maximum Gasteiger partial charge on any atom is 0.243 e. The lowest BCUT2D eigenvalue weighted by atomic mass is 9.97. The third-order valence-electron chi connectivity index (χ3n) is 4.52. The number of carbonyl (C=O) groups excluding carboxylic acids is 2. The third kappa shape index (κ3) is 3.51. The van der Waals surface area contributed by atoms with Crippen LogP contribution in [0.4, 0.5) is 0 Å². The molecule has 0 aliphatic carbocycles. The molecule has 3 atom stereocenters. The molecule has 20 heavy (non-hydrogen) atoms. The van der Waals surface area contributed by atoms with Crippen molar-refractivity contribution in [3.63, 3.8) is 0 Å². The van der Waals surface area contributed by atoms with Crippen LogP contribution in [0.15, 0.2) is 0 Å². The topological polar surface area (TPSA) is 61.4 Å². The van der Waals surface area contributed by atoms with E-state index in [1.165, 1.54) is 0 Å². The molecule has 2 rings (SSSR count). The van der Waals surface area contributed by atoms with Crippen molar-refractivity contribution in [2.45, 2.75) is 70.5 Å². The van der Waals surface area contributed by atoms with E-state index in [9.17, 15) is 9.59 Å². The summed E-state index contributed by atoms with van der Waals surface area (Å²) < 4.78 is 0. The lowest BCUT2D eigenvalue weighted by Crippen LogP contribution is -2.58. The predicted molar refractivity (Wildman–Crippen MR) is 78.3 cm³/mol. The van der Waals surface area contributed by atoms with Gasteiger partial charge in [0.25, 0.3) is 0 Å². The highest BCUT2D eigenvalue weighted by Crippen LogP contribution is 2.19. The lowest BCUT2D eigenvalue weighted by molar-refractivity contribution is -0.142. The fraction of sp³-hybridized carbons (Fsp3) is 0.867. The number of hydrogen-bond acceptors (Lipinski definition) is 3. The highest BCUT2D eigenvalue weighted by molar-refractivity contribution is 5.88. The molecule has 0 aromatic heterocycles. The number of likely N-dealkylation sites (tertiary alicyclic amines) is 1. The molecule has 2 saturated heterocycles. The van der Waals surface area contributed by atoms with Gasteiger partial charge in [0.05, 0.1) is 0 Å². The van der Waals surface area contributed by atoms with Crippen LogP contribution in [0.5, 0.6) is 0 Å². The quantitative estimate of drug-likeness (QED) is 0.812. The summed E-state index contributed by atoms with van der Waals surface area (Å²) in [5, 5.41) is 6.54. The van der Waals surface area contributed by atoms with Crippen LogP contribution in [0.25, 0.3) is 0 Å². The van der Waals surface area contributed by atoms with Crippen LogP contribution < -0.4 is 10.6 Å². The molecule has 114 valence electrons. The van der Waals surface area contributed by atoms with E-state index in [0.717, 1.165) is 45.2 Å². The van der Waals surface area contributed by atoms with E-state index in [0.29, 0.717) is 12.5 Å².